The third-order valence-electron chi connectivity index (χ3n) is 4.82. The highest BCUT2D eigenvalue weighted by Crippen LogP contribution is 2.35. The van der Waals surface area contributed by atoms with E-state index < -0.39 is 5.97 Å². The Kier molecular flexibility index (Phi) is 4.32. The van der Waals surface area contributed by atoms with Gasteiger partial charge in [-0.25, -0.2) is 14.8 Å². The molecule has 1 aliphatic carbocycles. The average Bonchev–Trinajstić information content (AvgIpc) is 2.99. The number of ether oxygens (including phenoxy) is 1. The van der Waals surface area contributed by atoms with Crippen LogP contribution in [-0.2, 0) is 11.2 Å². The zero-order valence-corrected chi connectivity index (χ0v) is 14.9. The molecule has 1 atom stereocenters. The van der Waals surface area contributed by atoms with Gasteiger partial charge >= 0.3 is 5.97 Å². The predicted molar refractivity (Wildman–Crippen MR) is 98.2 cm³/mol. The molecule has 0 spiro atoms. The van der Waals surface area contributed by atoms with Crippen molar-refractivity contribution in [3.05, 3.63) is 53.0 Å². The molecule has 0 amide bonds. The summed E-state index contributed by atoms with van der Waals surface area (Å²) in [4.78, 5) is 21.0. The van der Waals surface area contributed by atoms with Crippen LogP contribution < -0.4 is 5.32 Å². The second-order valence-electron chi connectivity index (χ2n) is 6.44. The number of fused-ring (bicyclic) bond motifs is 2. The van der Waals surface area contributed by atoms with Crippen molar-refractivity contribution in [3.8, 4) is 0 Å². The number of nitrogens with one attached hydrogen (secondary N) is 1. The Morgan fingerprint density at radius 3 is 3.04 bits per heavy atom. The molecular weight excluding hydrogens is 330 g/mol. The lowest BCUT2D eigenvalue weighted by Crippen LogP contribution is -2.18. The lowest BCUT2D eigenvalue weighted by atomic mass is 9.87. The van der Waals surface area contributed by atoms with Crippen LogP contribution in [0.5, 0.6) is 0 Å². The van der Waals surface area contributed by atoms with E-state index in [-0.39, 0.29) is 6.04 Å². The lowest BCUT2D eigenvalue weighted by Gasteiger charge is -2.27. The van der Waals surface area contributed by atoms with E-state index in [0.29, 0.717) is 34.8 Å². The van der Waals surface area contributed by atoms with Gasteiger partial charge in [0.1, 0.15) is 23.5 Å². The lowest BCUT2D eigenvalue weighted by molar-refractivity contribution is 0.0526. The van der Waals surface area contributed by atoms with Gasteiger partial charge in [0, 0.05) is 0 Å². The Morgan fingerprint density at radius 1 is 1.35 bits per heavy atom. The number of carbonyl (C=O) groups is 1. The molecule has 26 heavy (non-hydrogen) atoms. The Bertz CT molecular complexity index is 964. The number of anilines is 1. The minimum Gasteiger partial charge on any atom is -0.462 e. The third-order valence-corrected chi connectivity index (χ3v) is 4.82. The molecule has 0 fully saturated rings. The van der Waals surface area contributed by atoms with Gasteiger partial charge in [-0.1, -0.05) is 24.3 Å². The zero-order chi connectivity index (χ0) is 18.1. The minimum atomic E-state index is -0.411. The van der Waals surface area contributed by atoms with Crippen molar-refractivity contribution < 1.29 is 13.9 Å². The molecular formula is C20H21N3O3. The highest BCUT2D eigenvalue weighted by atomic mass is 16.5. The molecule has 0 radical (unpaired) electrons. The van der Waals surface area contributed by atoms with E-state index in [0.717, 1.165) is 19.3 Å². The van der Waals surface area contributed by atoms with Crippen LogP contribution in [-0.4, -0.2) is 22.5 Å². The smallest absolute Gasteiger partial charge is 0.342 e. The zero-order valence-electron chi connectivity index (χ0n) is 14.9. The molecule has 1 unspecified atom stereocenters. The molecule has 1 aromatic carbocycles. The Balaban J connectivity index is 1.77. The van der Waals surface area contributed by atoms with Crippen LogP contribution in [0.25, 0.3) is 11.1 Å². The van der Waals surface area contributed by atoms with E-state index in [1.807, 2.05) is 0 Å². The molecule has 1 N–H and O–H groups in total. The summed E-state index contributed by atoms with van der Waals surface area (Å²) >= 11 is 0. The van der Waals surface area contributed by atoms with Crippen molar-refractivity contribution >= 4 is 22.9 Å². The van der Waals surface area contributed by atoms with Gasteiger partial charge in [0.15, 0.2) is 0 Å². The summed E-state index contributed by atoms with van der Waals surface area (Å²) < 4.78 is 10.9. The molecule has 0 saturated carbocycles. The van der Waals surface area contributed by atoms with E-state index in [1.54, 1.807) is 13.8 Å². The number of hydrogen-bond acceptors (Lipinski definition) is 6. The topological polar surface area (TPSA) is 77.2 Å². The average molecular weight is 351 g/mol. The quantitative estimate of drug-likeness (QED) is 0.710. The van der Waals surface area contributed by atoms with E-state index in [1.165, 1.54) is 17.5 Å². The first-order chi connectivity index (χ1) is 12.7. The molecule has 0 bridgehead atoms. The van der Waals surface area contributed by atoms with E-state index in [2.05, 4.69) is 39.6 Å². The number of furan rings is 1. The molecule has 6 nitrogen and oxygen atoms in total. The summed E-state index contributed by atoms with van der Waals surface area (Å²) in [5.74, 6) is 0.688. The van der Waals surface area contributed by atoms with Crippen LogP contribution in [0, 0.1) is 6.92 Å². The SMILES string of the molecule is CCOC(=O)c1c(C)oc2ncnc(NC3CCCc4ccccc43)c12. The van der Waals surface area contributed by atoms with Gasteiger partial charge in [-0.05, 0) is 44.2 Å². The van der Waals surface area contributed by atoms with Crippen LogP contribution in [0.4, 0.5) is 5.82 Å². The highest BCUT2D eigenvalue weighted by Gasteiger charge is 2.26. The molecule has 0 saturated heterocycles. The normalized spacial score (nSPS) is 16.3. The van der Waals surface area contributed by atoms with Crippen molar-refractivity contribution in [3.63, 3.8) is 0 Å². The van der Waals surface area contributed by atoms with Gasteiger partial charge in [-0.15, -0.1) is 0 Å². The van der Waals surface area contributed by atoms with Crippen LogP contribution in [0.2, 0.25) is 0 Å². The van der Waals surface area contributed by atoms with E-state index >= 15 is 0 Å². The summed E-state index contributed by atoms with van der Waals surface area (Å²) in [6.45, 7) is 3.83. The summed E-state index contributed by atoms with van der Waals surface area (Å²) in [6, 6.07) is 8.59. The number of carbonyl (C=O) groups excluding carboxylic acids is 1. The summed E-state index contributed by atoms with van der Waals surface area (Å²) in [7, 11) is 0. The molecule has 2 heterocycles. The minimum absolute atomic E-state index is 0.142. The Morgan fingerprint density at radius 2 is 2.19 bits per heavy atom. The molecule has 134 valence electrons. The van der Waals surface area contributed by atoms with Crippen molar-refractivity contribution in [2.45, 2.75) is 39.2 Å². The van der Waals surface area contributed by atoms with Gasteiger partial charge < -0.3 is 14.5 Å². The number of esters is 1. The van der Waals surface area contributed by atoms with E-state index in [9.17, 15) is 4.79 Å². The highest BCUT2D eigenvalue weighted by molar-refractivity contribution is 6.07. The van der Waals surface area contributed by atoms with Crippen molar-refractivity contribution in [2.24, 2.45) is 0 Å². The monoisotopic (exact) mass is 351 g/mol. The van der Waals surface area contributed by atoms with Crippen molar-refractivity contribution in [2.75, 3.05) is 11.9 Å². The van der Waals surface area contributed by atoms with Crippen LogP contribution in [0.3, 0.4) is 0 Å². The number of nitrogens with zero attached hydrogens (tertiary/aromatic N) is 2. The maximum absolute atomic E-state index is 12.4. The number of aryl methyl sites for hydroxylation is 2. The predicted octanol–water partition coefficient (Wildman–Crippen LogP) is 4.20. The van der Waals surface area contributed by atoms with Crippen molar-refractivity contribution in [1.29, 1.82) is 0 Å². The molecule has 6 heteroatoms. The van der Waals surface area contributed by atoms with Crippen molar-refractivity contribution in [1.82, 2.24) is 9.97 Å². The molecule has 1 aliphatic rings. The first-order valence-electron chi connectivity index (χ1n) is 8.94. The number of aromatic nitrogens is 2. The summed E-state index contributed by atoms with van der Waals surface area (Å²) in [5, 5.41) is 4.10. The number of benzene rings is 1. The first kappa shape index (κ1) is 16.6. The van der Waals surface area contributed by atoms with E-state index in [4.69, 9.17) is 9.15 Å². The largest absolute Gasteiger partial charge is 0.462 e. The maximum atomic E-state index is 12.4. The standard InChI is InChI=1S/C20H21N3O3/c1-3-25-20(24)16-12(2)26-19-17(16)18(21-11-22-19)23-15-10-6-8-13-7-4-5-9-14(13)15/h4-5,7,9,11,15H,3,6,8,10H2,1-2H3,(H,21,22,23). The fourth-order valence-electron chi connectivity index (χ4n) is 3.67. The van der Waals surface area contributed by atoms with Gasteiger partial charge in [0.05, 0.1) is 18.0 Å². The fourth-order valence-corrected chi connectivity index (χ4v) is 3.67. The summed E-state index contributed by atoms with van der Waals surface area (Å²) in [5.41, 5.74) is 3.43. The molecule has 2 aromatic heterocycles. The number of hydrogen-bond donors (Lipinski definition) is 1. The Hall–Kier alpha value is -2.89. The second kappa shape index (κ2) is 6.78. The van der Waals surface area contributed by atoms with Crippen LogP contribution in [0.1, 0.15) is 53.1 Å². The molecule has 0 aliphatic heterocycles. The second-order valence-corrected chi connectivity index (χ2v) is 6.44. The van der Waals surface area contributed by atoms with Gasteiger partial charge in [-0.2, -0.15) is 0 Å². The number of rotatable bonds is 4. The third kappa shape index (κ3) is 2.81. The molecule has 3 aromatic rings. The molecule has 4 rings (SSSR count). The van der Waals surface area contributed by atoms with Crippen LogP contribution in [0.15, 0.2) is 35.0 Å². The first-order valence-corrected chi connectivity index (χ1v) is 8.94. The van der Waals surface area contributed by atoms with Gasteiger partial charge in [0.2, 0.25) is 5.71 Å². The maximum Gasteiger partial charge on any atom is 0.342 e. The summed E-state index contributed by atoms with van der Waals surface area (Å²) in [6.07, 6.45) is 4.66. The fraction of sp³-hybridized carbons (Fsp3) is 0.350. The Labute approximate surface area is 151 Å². The van der Waals surface area contributed by atoms with Gasteiger partial charge in [-0.3, -0.25) is 0 Å². The van der Waals surface area contributed by atoms with Gasteiger partial charge in [0.25, 0.3) is 0 Å². The van der Waals surface area contributed by atoms with Crippen LogP contribution >= 0.6 is 0 Å².